The minimum Gasteiger partial charge on any atom is -0.314 e. The van der Waals surface area contributed by atoms with Crippen molar-refractivity contribution in [3.63, 3.8) is 0 Å². The van der Waals surface area contributed by atoms with Crippen LogP contribution in [-0.4, -0.2) is 19.6 Å². The fourth-order valence-corrected chi connectivity index (χ4v) is 2.28. The smallest absolute Gasteiger partial charge is 0.0462 e. The van der Waals surface area contributed by atoms with Crippen molar-refractivity contribution in [2.45, 2.75) is 6.04 Å². The molecule has 76 valence electrons. The van der Waals surface area contributed by atoms with Crippen LogP contribution in [0.2, 0.25) is 5.02 Å². The molecule has 1 aliphatic heterocycles. The zero-order chi connectivity index (χ0) is 9.97. The number of halogens is 2. The molecule has 1 aromatic carbocycles. The lowest BCUT2D eigenvalue weighted by Crippen LogP contribution is -2.42. The summed E-state index contributed by atoms with van der Waals surface area (Å²) in [5, 5.41) is 7.61. The highest BCUT2D eigenvalue weighted by molar-refractivity contribution is 9.10. The van der Waals surface area contributed by atoms with Gasteiger partial charge in [0.15, 0.2) is 0 Å². The summed E-state index contributed by atoms with van der Waals surface area (Å²) in [6, 6.07) is 6.29. The molecule has 4 heteroatoms. The van der Waals surface area contributed by atoms with Gasteiger partial charge in [-0.05, 0) is 23.8 Å². The predicted molar refractivity (Wildman–Crippen MR) is 62.8 cm³/mol. The van der Waals surface area contributed by atoms with Crippen molar-refractivity contribution in [3.8, 4) is 0 Å². The van der Waals surface area contributed by atoms with Crippen LogP contribution < -0.4 is 10.6 Å². The van der Waals surface area contributed by atoms with E-state index < -0.39 is 0 Å². The van der Waals surface area contributed by atoms with Crippen LogP contribution in [0.1, 0.15) is 11.6 Å². The monoisotopic (exact) mass is 274 g/mol. The number of hydrogen-bond donors (Lipinski definition) is 2. The Hall–Kier alpha value is -0.0900. The van der Waals surface area contributed by atoms with Crippen molar-refractivity contribution in [2.75, 3.05) is 19.6 Å². The minimum absolute atomic E-state index is 0.328. The Morgan fingerprint density at radius 1 is 1.36 bits per heavy atom. The van der Waals surface area contributed by atoms with E-state index in [9.17, 15) is 0 Å². The van der Waals surface area contributed by atoms with Crippen molar-refractivity contribution in [1.29, 1.82) is 0 Å². The van der Waals surface area contributed by atoms with E-state index in [-0.39, 0.29) is 0 Å². The van der Waals surface area contributed by atoms with Gasteiger partial charge in [-0.2, -0.15) is 0 Å². The third-order valence-electron chi connectivity index (χ3n) is 2.37. The van der Waals surface area contributed by atoms with Crippen molar-refractivity contribution >= 4 is 27.5 Å². The van der Waals surface area contributed by atoms with Crippen molar-refractivity contribution in [2.24, 2.45) is 0 Å². The fourth-order valence-electron chi connectivity index (χ4n) is 1.65. The topological polar surface area (TPSA) is 24.1 Å². The summed E-state index contributed by atoms with van der Waals surface area (Å²) < 4.78 is 1.07. The van der Waals surface area contributed by atoms with Crippen LogP contribution >= 0.6 is 27.5 Å². The Labute approximate surface area is 97.2 Å². The number of piperazine rings is 1. The van der Waals surface area contributed by atoms with Gasteiger partial charge in [0.2, 0.25) is 0 Å². The summed E-state index contributed by atoms with van der Waals surface area (Å²) in [5.74, 6) is 0. The summed E-state index contributed by atoms with van der Waals surface area (Å²) in [7, 11) is 0. The lowest BCUT2D eigenvalue weighted by Gasteiger charge is -2.25. The van der Waals surface area contributed by atoms with Gasteiger partial charge in [-0.25, -0.2) is 0 Å². The van der Waals surface area contributed by atoms with Gasteiger partial charge in [0, 0.05) is 35.2 Å². The fraction of sp³-hybridized carbons (Fsp3) is 0.400. The summed E-state index contributed by atoms with van der Waals surface area (Å²) in [6.45, 7) is 2.96. The van der Waals surface area contributed by atoms with Crippen molar-refractivity contribution < 1.29 is 0 Å². The van der Waals surface area contributed by atoms with Crippen LogP contribution in [0, 0.1) is 0 Å². The minimum atomic E-state index is 0.328. The molecule has 2 nitrogen and oxygen atoms in total. The average molecular weight is 276 g/mol. The lowest BCUT2D eigenvalue weighted by molar-refractivity contribution is 0.430. The van der Waals surface area contributed by atoms with Crippen LogP contribution in [0.3, 0.4) is 0 Å². The predicted octanol–water partition coefficient (Wildman–Crippen LogP) is 2.34. The molecule has 0 aromatic heterocycles. The third-order valence-corrected chi connectivity index (χ3v) is 3.21. The molecule has 1 heterocycles. The van der Waals surface area contributed by atoms with Crippen LogP contribution in [0.4, 0.5) is 0 Å². The molecule has 0 bridgehead atoms. The second-order valence-electron chi connectivity index (χ2n) is 3.38. The quantitative estimate of drug-likeness (QED) is 0.822. The van der Waals surface area contributed by atoms with E-state index in [2.05, 4.69) is 32.6 Å². The zero-order valence-electron chi connectivity index (χ0n) is 7.69. The Morgan fingerprint density at radius 3 is 2.93 bits per heavy atom. The first-order chi connectivity index (χ1) is 6.77. The van der Waals surface area contributed by atoms with Crippen LogP contribution in [-0.2, 0) is 0 Å². The highest BCUT2D eigenvalue weighted by atomic mass is 79.9. The lowest BCUT2D eigenvalue weighted by atomic mass is 10.1. The van der Waals surface area contributed by atoms with Crippen molar-refractivity contribution in [1.82, 2.24) is 10.6 Å². The number of benzene rings is 1. The highest BCUT2D eigenvalue weighted by Gasteiger charge is 2.16. The maximum Gasteiger partial charge on any atom is 0.0462 e. The second kappa shape index (κ2) is 4.62. The molecule has 0 aliphatic carbocycles. The molecule has 1 saturated heterocycles. The Bertz CT molecular complexity index is 324. The van der Waals surface area contributed by atoms with Crippen molar-refractivity contribution in [3.05, 3.63) is 33.3 Å². The van der Waals surface area contributed by atoms with E-state index in [0.29, 0.717) is 6.04 Å². The molecular formula is C10H12BrClN2. The molecule has 1 fully saturated rings. The molecular weight excluding hydrogens is 263 g/mol. The SMILES string of the molecule is Clc1ccc(Br)cc1C1CNCCN1. The zero-order valence-corrected chi connectivity index (χ0v) is 10.0. The van der Waals surface area contributed by atoms with Gasteiger partial charge in [0.05, 0.1) is 0 Å². The number of hydrogen-bond acceptors (Lipinski definition) is 2. The molecule has 0 spiro atoms. The molecule has 1 aromatic rings. The largest absolute Gasteiger partial charge is 0.314 e. The van der Waals surface area contributed by atoms with Gasteiger partial charge in [-0.15, -0.1) is 0 Å². The van der Waals surface area contributed by atoms with Gasteiger partial charge in [0.25, 0.3) is 0 Å². The third kappa shape index (κ3) is 2.28. The standard InChI is InChI=1S/C10H12BrClN2/c11-7-1-2-9(12)8(5-7)10-6-13-3-4-14-10/h1-2,5,10,13-14H,3-4,6H2. The number of rotatable bonds is 1. The van der Waals surface area contributed by atoms with Gasteiger partial charge in [0.1, 0.15) is 0 Å². The molecule has 2 N–H and O–H groups in total. The molecule has 2 rings (SSSR count). The Morgan fingerprint density at radius 2 is 2.21 bits per heavy atom. The summed E-state index contributed by atoms with van der Waals surface area (Å²) in [6.07, 6.45) is 0. The molecule has 14 heavy (non-hydrogen) atoms. The van der Waals surface area contributed by atoms with Crippen LogP contribution in [0.5, 0.6) is 0 Å². The molecule has 1 unspecified atom stereocenters. The maximum absolute atomic E-state index is 6.14. The first kappa shape index (κ1) is 10.4. The second-order valence-corrected chi connectivity index (χ2v) is 4.70. The summed E-state index contributed by atoms with van der Waals surface area (Å²) in [5.41, 5.74) is 1.16. The Kier molecular flexibility index (Phi) is 3.44. The first-order valence-corrected chi connectivity index (χ1v) is 5.83. The van der Waals surface area contributed by atoms with E-state index in [1.54, 1.807) is 0 Å². The highest BCUT2D eigenvalue weighted by Crippen LogP contribution is 2.26. The normalized spacial score (nSPS) is 22.3. The van der Waals surface area contributed by atoms with Gasteiger partial charge < -0.3 is 10.6 Å². The van der Waals surface area contributed by atoms with Gasteiger partial charge in [-0.3, -0.25) is 0 Å². The van der Waals surface area contributed by atoms with E-state index in [4.69, 9.17) is 11.6 Å². The average Bonchev–Trinajstić information content (AvgIpc) is 2.23. The van der Waals surface area contributed by atoms with E-state index in [0.717, 1.165) is 34.7 Å². The van der Waals surface area contributed by atoms with Gasteiger partial charge in [-0.1, -0.05) is 27.5 Å². The summed E-state index contributed by atoms with van der Waals surface area (Å²) >= 11 is 9.60. The van der Waals surface area contributed by atoms with Crippen LogP contribution in [0.15, 0.2) is 22.7 Å². The first-order valence-electron chi connectivity index (χ1n) is 4.66. The number of nitrogens with one attached hydrogen (secondary N) is 2. The molecule has 0 radical (unpaired) electrons. The van der Waals surface area contributed by atoms with E-state index in [1.165, 1.54) is 0 Å². The molecule has 0 saturated carbocycles. The maximum atomic E-state index is 6.14. The van der Waals surface area contributed by atoms with Crippen LogP contribution in [0.25, 0.3) is 0 Å². The van der Waals surface area contributed by atoms with Gasteiger partial charge >= 0.3 is 0 Å². The molecule has 1 aliphatic rings. The van der Waals surface area contributed by atoms with E-state index >= 15 is 0 Å². The van der Waals surface area contributed by atoms with E-state index in [1.807, 2.05) is 12.1 Å². The Balaban J connectivity index is 2.24. The summed E-state index contributed by atoms with van der Waals surface area (Å²) in [4.78, 5) is 0. The molecule has 1 atom stereocenters. The molecule has 0 amide bonds.